The van der Waals surface area contributed by atoms with Gasteiger partial charge in [0.05, 0.1) is 11.1 Å². The maximum absolute atomic E-state index is 10.2. The lowest BCUT2D eigenvalue weighted by atomic mass is 10.0. The van der Waals surface area contributed by atoms with E-state index in [0.29, 0.717) is 17.8 Å². The van der Waals surface area contributed by atoms with Gasteiger partial charge >= 0.3 is 0 Å². The zero-order valence-corrected chi connectivity index (χ0v) is 10.7. The molecule has 0 saturated carbocycles. The van der Waals surface area contributed by atoms with Gasteiger partial charge in [-0.3, -0.25) is 0 Å². The summed E-state index contributed by atoms with van der Waals surface area (Å²) in [5.41, 5.74) is 8.44. The zero-order chi connectivity index (χ0) is 12.4. The van der Waals surface area contributed by atoms with Crippen molar-refractivity contribution in [1.29, 1.82) is 0 Å². The molecule has 2 aromatic rings. The van der Waals surface area contributed by atoms with Crippen LogP contribution in [0.25, 0.3) is 0 Å². The molecule has 0 aromatic carbocycles. The lowest BCUT2D eigenvalue weighted by Gasteiger charge is -2.13. The lowest BCUT2D eigenvalue weighted by Crippen LogP contribution is -2.08. The van der Waals surface area contributed by atoms with E-state index in [9.17, 15) is 5.11 Å². The van der Waals surface area contributed by atoms with E-state index in [-0.39, 0.29) is 0 Å². The molecule has 0 saturated heterocycles. The molecule has 2 heterocycles. The first-order chi connectivity index (χ1) is 8.08. The van der Waals surface area contributed by atoms with Crippen molar-refractivity contribution in [2.24, 2.45) is 0 Å². The molecule has 0 spiro atoms. The van der Waals surface area contributed by atoms with Gasteiger partial charge in [-0.25, -0.2) is 9.97 Å². The van der Waals surface area contributed by atoms with Crippen LogP contribution in [-0.4, -0.2) is 15.1 Å². The Balaban J connectivity index is 2.22. The van der Waals surface area contributed by atoms with Crippen LogP contribution in [-0.2, 0) is 6.42 Å². The molecule has 5 heteroatoms. The van der Waals surface area contributed by atoms with Crippen molar-refractivity contribution in [1.82, 2.24) is 9.97 Å². The summed E-state index contributed by atoms with van der Waals surface area (Å²) in [5, 5.41) is 13.1. The molecular formula is C12H15N3OS. The third-order valence-electron chi connectivity index (χ3n) is 2.61. The van der Waals surface area contributed by atoms with Gasteiger partial charge in [-0.15, -0.1) is 11.3 Å². The number of aryl methyl sites for hydroxylation is 2. The number of nitrogens with two attached hydrogens (primary N) is 1. The van der Waals surface area contributed by atoms with Gasteiger partial charge in [0.2, 0.25) is 0 Å². The molecule has 0 aliphatic heterocycles. The monoisotopic (exact) mass is 249 g/mol. The fourth-order valence-electron chi connectivity index (χ4n) is 1.79. The summed E-state index contributed by atoms with van der Waals surface area (Å²) in [6, 6.07) is 1.85. The molecule has 0 fully saturated rings. The minimum absolute atomic E-state index is 0.394. The van der Waals surface area contributed by atoms with E-state index >= 15 is 0 Å². The van der Waals surface area contributed by atoms with E-state index in [0.717, 1.165) is 16.3 Å². The Kier molecular flexibility index (Phi) is 3.40. The quantitative estimate of drug-likeness (QED) is 0.873. The van der Waals surface area contributed by atoms with Gasteiger partial charge in [0, 0.05) is 29.3 Å². The Hall–Kier alpha value is -1.46. The number of pyridine rings is 1. The van der Waals surface area contributed by atoms with Gasteiger partial charge in [-0.05, 0) is 25.5 Å². The fourth-order valence-corrected chi connectivity index (χ4v) is 2.60. The van der Waals surface area contributed by atoms with Crippen LogP contribution in [0.4, 0.5) is 5.82 Å². The van der Waals surface area contributed by atoms with Gasteiger partial charge in [-0.1, -0.05) is 0 Å². The summed E-state index contributed by atoms with van der Waals surface area (Å²) >= 11 is 1.55. The summed E-state index contributed by atoms with van der Waals surface area (Å²) in [6.07, 6.45) is 1.48. The molecule has 0 amide bonds. The van der Waals surface area contributed by atoms with E-state index < -0.39 is 6.10 Å². The number of hydrogen-bond acceptors (Lipinski definition) is 5. The van der Waals surface area contributed by atoms with Crippen LogP contribution in [0.1, 0.15) is 27.9 Å². The van der Waals surface area contributed by atoms with Crippen LogP contribution in [0, 0.1) is 13.8 Å². The predicted molar refractivity (Wildman–Crippen MR) is 68.9 cm³/mol. The summed E-state index contributed by atoms with van der Waals surface area (Å²) in [6.45, 7) is 3.86. The minimum Gasteiger partial charge on any atom is -0.388 e. The van der Waals surface area contributed by atoms with Crippen LogP contribution in [0.2, 0.25) is 0 Å². The lowest BCUT2D eigenvalue weighted by molar-refractivity contribution is 0.178. The van der Waals surface area contributed by atoms with Gasteiger partial charge in [-0.2, -0.15) is 0 Å². The Morgan fingerprint density at radius 2 is 2.24 bits per heavy atom. The van der Waals surface area contributed by atoms with Crippen molar-refractivity contribution in [2.45, 2.75) is 26.4 Å². The Morgan fingerprint density at radius 1 is 1.47 bits per heavy atom. The highest BCUT2D eigenvalue weighted by Gasteiger charge is 2.16. The second kappa shape index (κ2) is 4.81. The Bertz CT molecular complexity index is 504. The van der Waals surface area contributed by atoms with Crippen LogP contribution >= 0.6 is 11.3 Å². The molecule has 2 rings (SSSR count). The van der Waals surface area contributed by atoms with E-state index in [4.69, 9.17) is 5.73 Å². The molecule has 0 bridgehead atoms. The average Bonchev–Trinajstić information content (AvgIpc) is 2.63. The van der Waals surface area contributed by atoms with Crippen molar-refractivity contribution in [2.75, 3.05) is 5.73 Å². The van der Waals surface area contributed by atoms with E-state index in [1.54, 1.807) is 17.5 Å². The van der Waals surface area contributed by atoms with Gasteiger partial charge < -0.3 is 10.8 Å². The number of aliphatic hydroxyl groups is 1. The number of aliphatic hydroxyl groups excluding tert-OH is 1. The highest BCUT2D eigenvalue weighted by atomic mass is 32.1. The molecular weight excluding hydrogens is 234 g/mol. The Labute approximate surface area is 104 Å². The summed E-state index contributed by atoms with van der Waals surface area (Å²) in [5.74, 6) is 0.394. The standard InChI is InChI=1S/C12H15N3OS/c1-7-3-4-14-12(13)11(7)9(16)5-10-15-8(2)6-17-10/h3-4,6,9,16H,5H2,1-2H3,(H2,13,14). The van der Waals surface area contributed by atoms with Crippen LogP contribution in [0.3, 0.4) is 0 Å². The first kappa shape index (κ1) is 12.0. The predicted octanol–water partition coefficient (Wildman–Crippen LogP) is 2.01. The first-order valence-electron chi connectivity index (χ1n) is 5.38. The van der Waals surface area contributed by atoms with Crippen molar-refractivity contribution in [3.63, 3.8) is 0 Å². The second-order valence-corrected chi connectivity index (χ2v) is 4.97. The maximum Gasteiger partial charge on any atom is 0.129 e. The van der Waals surface area contributed by atoms with E-state index in [2.05, 4.69) is 9.97 Å². The minimum atomic E-state index is -0.644. The van der Waals surface area contributed by atoms with Crippen LogP contribution in [0.15, 0.2) is 17.6 Å². The number of nitrogens with zero attached hydrogens (tertiary/aromatic N) is 2. The molecule has 0 radical (unpaired) electrons. The summed E-state index contributed by atoms with van der Waals surface area (Å²) in [7, 11) is 0. The molecule has 1 atom stereocenters. The van der Waals surface area contributed by atoms with E-state index in [1.165, 1.54) is 0 Å². The number of thiazole rings is 1. The smallest absolute Gasteiger partial charge is 0.129 e. The molecule has 90 valence electrons. The number of aromatic nitrogens is 2. The molecule has 1 unspecified atom stereocenters. The van der Waals surface area contributed by atoms with Gasteiger partial charge in [0.15, 0.2) is 0 Å². The van der Waals surface area contributed by atoms with Crippen molar-refractivity contribution in [3.05, 3.63) is 39.5 Å². The average molecular weight is 249 g/mol. The number of nitrogen functional groups attached to an aromatic ring is 1. The number of hydrogen-bond donors (Lipinski definition) is 2. The fraction of sp³-hybridized carbons (Fsp3) is 0.333. The first-order valence-corrected chi connectivity index (χ1v) is 6.26. The Morgan fingerprint density at radius 3 is 2.82 bits per heavy atom. The number of anilines is 1. The normalized spacial score (nSPS) is 12.6. The van der Waals surface area contributed by atoms with Crippen molar-refractivity contribution < 1.29 is 5.11 Å². The summed E-state index contributed by atoms with van der Waals surface area (Å²) in [4.78, 5) is 8.34. The summed E-state index contributed by atoms with van der Waals surface area (Å²) < 4.78 is 0. The molecule has 17 heavy (non-hydrogen) atoms. The third-order valence-corrected chi connectivity index (χ3v) is 3.60. The molecule has 2 aromatic heterocycles. The molecule has 4 nitrogen and oxygen atoms in total. The zero-order valence-electron chi connectivity index (χ0n) is 9.84. The maximum atomic E-state index is 10.2. The SMILES string of the molecule is Cc1csc(CC(O)c2c(C)ccnc2N)n1. The van der Waals surface area contributed by atoms with Gasteiger partial charge in [0.1, 0.15) is 5.82 Å². The highest BCUT2D eigenvalue weighted by molar-refractivity contribution is 7.09. The van der Waals surface area contributed by atoms with Crippen molar-refractivity contribution in [3.8, 4) is 0 Å². The largest absolute Gasteiger partial charge is 0.388 e. The second-order valence-electron chi connectivity index (χ2n) is 4.03. The van der Waals surface area contributed by atoms with Crippen molar-refractivity contribution >= 4 is 17.2 Å². The van der Waals surface area contributed by atoms with Crippen LogP contribution < -0.4 is 5.73 Å². The molecule has 0 aliphatic carbocycles. The molecule has 3 N–H and O–H groups in total. The topological polar surface area (TPSA) is 72.0 Å². The third kappa shape index (κ3) is 2.62. The van der Waals surface area contributed by atoms with Crippen LogP contribution in [0.5, 0.6) is 0 Å². The highest BCUT2D eigenvalue weighted by Crippen LogP contribution is 2.26. The van der Waals surface area contributed by atoms with Gasteiger partial charge in [0.25, 0.3) is 0 Å². The van der Waals surface area contributed by atoms with E-state index in [1.807, 2.05) is 25.3 Å². The molecule has 0 aliphatic rings. The number of rotatable bonds is 3.